The molecule has 0 spiro atoms. The molecule has 0 radical (unpaired) electrons. The molecule has 104 valence electrons. The van der Waals surface area contributed by atoms with Crippen molar-refractivity contribution in [3.8, 4) is 0 Å². The van der Waals surface area contributed by atoms with E-state index in [2.05, 4.69) is 0 Å². The summed E-state index contributed by atoms with van der Waals surface area (Å²) in [5.41, 5.74) is 0. The molecule has 19 heavy (non-hydrogen) atoms. The van der Waals surface area contributed by atoms with Gasteiger partial charge in [-0.25, -0.2) is 4.79 Å². The van der Waals surface area contributed by atoms with Crippen molar-refractivity contribution in [2.75, 3.05) is 32.8 Å². The lowest BCUT2D eigenvalue weighted by molar-refractivity contribution is -0.132. The average molecular weight is 266 g/mol. The minimum atomic E-state index is -0.305. The molecule has 1 aliphatic rings. The highest BCUT2D eigenvalue weighted by molar-refractivity contribution is 5.78. The second-order valence-electron chi connectivity index (χ2n) is 4.32. The third kappa shape index (κ3) is 3.49. The summed E-state index contributed by atoms with van der Waals surface area (Å²) in [6.07, 6.45) is 1.52. The monoisotopic (exact) mass is 266 g/mol. The minimum absolute atomic E-state index is 0.0264. The molecule has 1 saturated heterocycles. The summed E-state index contributed by atoms with van der Waals surface area (Å²) in [6, 6.07) is 3.55. The van der Waals surface area contributed by atoms with Crippen LogP contribution in [-0.2, 0) is 16.0 Å². The lowest BCUT2D eigenvalue weighted by Gasteiger charge is -2.33. The SMILES string of the molecule is CCOC(=O)N1CCN(C(=O)Cc2ccco2)CC1. The van der Waals surface area contributed by atoms with Crippen molar-refractivity contribution in [3.63, 3.8) is 0 Å². The van der Waals surface area contributed by atoms with Gasteiger partial charge in [0.2, 0.25) is 5.91 Å². The fraction of sp³-hybridized carbons (Fsp3) is 0.538. The number of rotatable bonds is 3. The molecule has 2 rings (SSSR count). The molecular weight excluding hydrogens is 248 g/mol. The Labute approximate surface area is 111 Å². The number of amides is 2. The van der Waals surface area contributed by atoms with Gasteiger partial charge in [0.15, 0.2) is 0 Å². The van der Waals surface area contributed by atoms with Crippen LogP contribution in [0.4, 0.5) is 4.79 Å². The second kappa shape index (κ2) is 6.26. The summed E-state index contributed by atoms with van der Waals surface area (Å²) in [7, 11) is 0. The van der Waals surface area contributed by atoms with E-state index >= 15 is 0 Å². The molecule has 0 aliphatic carbocycles. The summed E-state index contributed by atoms with van der Waals surface area (Å²) in [6.45, 7) is 4.26. The van der Waals surface area contributed by atoms with Gasteiger partial charge in [0.1, 0.15) is 5.76 Å². The lowest BCUT2D eigenvalue weighted by atomic mass is 10.2. The average Bonchev–Trinajstić information content (AvgIpc) is 2.92. The van der Waals surface area contributed by atoms with E-state index in [-0.39, 0.29) is 18.4 Å². The second-order valence-corrected chi connectivity index (χ2v) is 4.32. The van der Waals surface area contributed by atoms with Gasteiger partial charge in [-0.15, -0.1) is 0 Å². The largest absolute Gasteiger partial charge is 0.469 e. The topological polar surface area (TPSA) is 63.0 Å². The Bertz CT molecular complexity index is 422. The molecule has 2 heterocycles. The molecule has 0 atom stereocenters. The zero-order valence-electron chi connectivity index (χ0n) is 11.0. The Balaban J connectivity index is 1.79. The minimum Gasteiger partial charge on any atom is -0.469 e. The van der Waals surface area contributed by atoms with Crippen LogP contribution in [0.1, 0.15) is 12.7 Å². The van der Waals surface area contributed by atoms with Gasteiger partial charge in [0.05, 0.1) is 19.3 Å². The maximum Gasteiger partial charge on any atom is 0.409 e. The first-order chi connectivity index (χ1) is 9.20. The van der Waals surface area contributed by atoms with Crippen molar-refractivity contribution in [1.29, 1.82) is 0 Å². The number of hydrogen-bond donors (Lipinski definition) is 0. The smallest absolute Gasteiger partial charge is 0.409 e. The molecule has 1 aromatic heterocycles. The van der Waals surface area contributed by atoms with Crippen molar-refractivity contribution >= 4 is 12.0 Å². The lowest BCUT2D eigenvalue weighted by Crippen LogP contribution is -2.51. The molecular formula is C13H18N2O4. The van der Waals surface area contributed by atoms with E-state index in [4.69, 9.17) is 9.15 Å². The van der Waals surface area contributed by atoms with E-state index in [1.54, 1.807) is 35.1 Å². The zero-order valence-corrected chi connectivity index (χ0v) is 11.0. The number of furan rings is 1. The Morgan fingerprint density at radius 3 is 2.53 bits per heavy atom. The van der Waals surface area contributed by atoms with Crippen LogP contribution in [0.25, 0.3) is 0 Å². The quantitative estimate of drug-likeness (QED) is 0.822. The van der Waals surface area contributed by atoms with Crippen LogP contribution in [0.3, 0.4) is 0 Å². The molecule has 0 N–H and O–H groups in total. The van der Waals surface area contributed by atoms with E-state index < -0.39 is 0 Å². The zero-order chi connectivity index (χ0) is 13.7. The molecule has 6 heteroatoms. The van der Waals surface area contributed by atoms with Crippen molar-refractivity contribution in [2.45, 2.75) is 13.3 Å². The van der Waals surface area contributed by atoms with E-state index in [9.17, 15) is 9.59 Å². The highest BCUT2D eigenvalue weighted by Gasteiger charge is 2.25. The van der Waals surface area contributed by atoms with Crippen LogP contribution in [-0.4, -0.2) is 54.6 Å². The molecule has 1 aliphatic heterocycles. The van der Waals surface area contributed by atoms with Gasteiger partial charge < -0.3 is 19.0 Å². The highest BCUT2D eigenvalue weighted by Crippen LogP contribution is 2.08. The molecule has 0 aromatic carbocycles. The predicted octanol–water partition coefficient (Wildman–Crippen LogP) is 1.12. The summed E-state index contributed by atoms with van der Waals surface area (Å²) < 4.78 is 10.1. The van der Waals surface area contributed by atoms with Gasteiger partial charge in [-0.2, -0.15) is 0 Å². The first-order valence-electron chi connectivity index (χ1n) is 6.42. The maximum absolute atomic E-state index is 12.0. The van der Waals surface area contributed by atoms with Crippen LogP contribution >= 0.6 is 0 Å². The Kier molecular flexibility index (Phi) is 4.43. The first-order valence-corrected chi connectivity index (χ1v) is 6.42. The summed E-state index contributed by atoms with van der Waals surface area (Å²) in [5, 5.41) is 0. The number of carbonyl (C=O) groups excluding carboxylic acids is 2. The number of piperazine rings is 1. The normalized spacial score (nSPS) is 15.4. The number of nitrogens with zero attached hydrogens (tertiary/aromatic N) is 2. The highest BCUT2D eigenvalue weighted by atomic mass is 16.6. The van der Waals surface area contributed by atoms with E-state index in [0.717, 1.165) is 0 Å². The van der Waals surface area contributed by atoms with E-state index in [0.29, 0.717) is 38.5 Å². The molecule has 2 amide bonds. The molecule has 0 bridgehead atoms. The summed E-state index contributed by atoms with van der Waals surface area (Å²) in [4.78, 5) is 26.9. The van der Waals surface area contributed by atoms with Gasteiger partial charge in [0, 0.05) is 26.2 Å². The van der Waals surface area contributed by atoms with Crippen molar-refractivity contribution in [3.05, 3.63) is 24.2 Å². The standard InChI is InChI=1S/C13H18N2O4/c1-2-18-13(17)15-7-5-14(6-8-15)12(16)10-11-4-3-9-19-11/h3-4,9H,2,5-8,10H2,1H3. The number of hydrogen-bond acceptors (Lipinski definition) is 4. The Morgan fingerprint density at radius 1 is 1.26 bits per heavy atom. The summed E-state index contributed by atoms with van der Waals surface area (Å²) >= 11 is 0. The van der Waals surface area contributed by atoms with E-state index in [1.165, 1.54) is 0 Å². The fourth-order valence-electron chi connectivity index (χ4n) is 2.03. The third-order valence-corrected chi connectivity index (χ3v) is 3.06. The molecule has 6 nitrogen and oxygen atoms in total. The van der Waals surface area contributed by atoms with Gasteiger partial charge in [-0.3, -0.25) is 4.79 Å². The van der Waals surface area contributed by atoms with Crippen LogP contribution in [0.5, 0.6) is 0 Å². The van der Waals surface area contributed by atoms with E-state index in [1.807, 2.05) is 0 Å². The molecule has 1 fully saturated rings. The fourth-order valence-corrected chi connectivity index (χ4v) is 2.03. The Hall–Kier alpha value is -1.98. The van der Waals surface area contributed by atoms with Gasteiger partial charge in [-0.05, 0) is 19.1 Å². The van der Waals surface area contributed by atoms with Crippen LogP contribution in [0.2, 0.25) is 0 Å². The van der Waals surface area contributed by atoms with Crippen LogP contribution < -0.4 is 0 Å². The van der Waals surface area contributed by atoms with Crippen LogP contribution in [0.15, 0.2) is 22.8 Å². The van der Waals surface area contributed by atoms with Gasteiger partial charge in [0.25, 0.3) is 0 Å². The third-order valence-electron chi connectivity index (χ3n) is 3.06. The predicted molar refractivity (Wildman–Crippen MR) is 67.6 cm³/mol. The van der Waals surface area contributed by atoms with Crippen LogP contribution in [0, 0.1) is 0 Å². The van der Waals surface area contributed by atoms with Gasteiger partial charge >= 0.3 is 6.09 Å². The van der Waals surface area contributed by atoms with Crippen molar-refractivity contribution in [1.82, 2.24) is 9.80 Å². The first kappa shape index (κ1) is 13.5. The molecule has 0 unspecified atom stereocenters. The van der Waals surface area contributed by atoms with Crippen molar-refractivity contribution in [2.24, 2.45) is 0 Å². The van der Waals surface area contributed by atoms with Crippen molar-refractivity contribution < 1.29 is 18.7 Å². The molecule has 0 saturated carbocycles. The van der Waals surface area contributed by atoms with Gasteiger partial charge in [-0.1, -0.05) is 0 Å². The maximum atomic E-state index is 12.0. The number of carbonyl (C=O) groups is 2. The molecule has 1 aromatic rings. The Morgan fingerprint density at radius 2 is 1.95 bits per heavy atom. The number of ether oxygens (including phenoxy) is 1. The summed E-state index contributed by atoms with van der Waals surface area (Å²) in [5.74, 6) is 0.691.